The molecule has 0 unspecified atom stereocenters. The van der Waals surface area contributed by atoms with E-state index in [4.69, 9.17) is 4.74 Å². The van der Waals surface area contributed by atoms with Gasteiger partial charge in [-0.05, 0) is 25.9 Å². The Labute approximate surface area is 67.7 Å². The SMILES string of the molecule is C1CCN([C@@H]2COCCN2)C1. The summed E-state index contributed by atoms with van der Waals surface area (Å²) in [7, 11) is 0. The van der Waals surface area contributed by atoms with E-state index in [9.17, 15) is 0 Å². The molecule has 0 amide bonds. The van der Waals surface area contributed by atoms with E-state index >= 15 is 0 Å². The Kier molecular flexibility index (Phi) is 2.41. The number of likely N-dealkylation sites (tertiary alicyclic amines) is 1. The Bertz CT molecular complexity index is 117. The first kappa shape index (κ1) is 7.53. The third-order valence-electron chi connectivity index (χ3n) is 2.48. The highest BCUT2D eigenvalue weighted by molar-refractivity contribution is 4.76. The van der Waals surface area contributed by atoms with Crippen molar-refractivity contribution in [3.8, 4) is 0 Å². The zero-order valence-corrected chi connectivity index (χ0v) is 6.88. The summed E-state index contributed by atoms with van der Waals surface area (Å²) < 4.78 is 5.39. The second-order valence-corrected chi connectivity index (χ2v) is 3.29. The third kappa shape index (κ3) is 1.72. The summed E-state index contributed by atoms with van der Waals surface area (Å²) in [5.41, 5.74) is 0. The van der Waals surface area contributed by atoms with Crippen molar-refractivity contribution in [3.63, 3.8) is 0 Å². The van der Waals surface area contributed by atoms with Gasteiger partial charge in [-0.3, -0.25) is 10.2 Å². The van der Waals surface area contributed by atoms with Crippen LogP contribution in [0, 0.1) is 0 Å². The number of nitrogens with one attached hydrogen (secondary N) is 1. The van der Waals surface area contributed by atoms with Gasteiger partial charge in [0.05, 0.1) is 19.4 Å². The fourth-order valence-corrected chi connectivity index (χ4v) is 1.84. The highest BCUT2D eigenvalue weighted by Gasteiger charge is 2.23. The number of ether oxygens (including phenoxy) is 1. The molecule has 0 radical (unpaired) electrons. The second kappa shape index (κ2) is 3.52. The fourth-order valence-electron chi connectivity index (χ4n) is 1.84. The van der Waals surface area contributed by atoms with Crippen LogP contribution in [0.4, 0.5) is 0 Å². The molecule has 2 rings (SSSR count). The molecule has 0 saturated carbocycles. The second-order valence-electron chi connectivity index (χ2n) is 3.29. The zero-order valence-electron chi connectivity index (χ0n) is 6.88. The topological polar surface area (TPSA) is 24.5 Å². The summed E-state index contributed by atoms with van der Waals surface area (Å²) in [6.45, 7) is 5.27. The predicted octanol–water partition coefficient (Wildman–Crippen LogP) is 0.0281. The van der Waals surface area contributed by atoms with Gasteiger partial charge < -0.3 is 4.74 Å². The van der Waals surface area contributed by atoms with Gasteiger partial charge in [0.1, 0.15) is 0 Å². The van der Waals surface area contributed by atoms with Crippen molar-refractivity contribution in [2.45, 2.75) is 19.0 Å². The van der Waals surface area contributed by atoms with Gasteiger partial charge in [-0.2, -0.15) is 0 Å². The van der Waals surface area contributed by atoms with Crippen LogP contribution in [-0.4, -0.2) is 43.9 Å². The lowest BCUT2D eigenvalue weighted by molar-refractivity contribution is 0.0184. The normalized spacial score (nSPS) is 34.4. The molecular weight excluding hydrogens is 140 g/mol. The van der Waals surface area contributed by atoms with Crippen LogP contribution in [0.2, 0.25) is 0 Å². The minimum atomic E-state index is 0.506. The van der Waals surface area contributed by atoms with Crippen LogP contribution in [0.3, 0.4) is 0 Å². The number of hydrogen-bond acceptors (Lipinski definition) is 3. The first-order chi connectivity index (χ1) is 5.47. The molecule has 2 heterocycles. The summed E-state index contributed by atoms with van der Waals surface area (Å²) in [6.07, 6.45) is 3.22. The maximum Gasteiger partial charge on any atom is 0.0839 e. The Morgan fingerprint density at radius 1 is 1.27 bits per heavy atom. The van der Waals surface area contributed by atoms with E-state index in [0.717, 1.165) is 19.8 Å². The number of nitrogens with zero attached hydrogens (tertiary/aromatic N) is 1. The lowest BCUT2D eigenvalue weighted by Crippen LogP contribution is -2.51. The van der Waals surface area contributed by atoms with Crippen molar-refractivity contribution in [1.29, 1.82) is 0 Å². The van der Waals surface area contributed by atoms with Crippen molar-refractivity contribution >= 4 is 0 Å². The van der Waals surface area contributed by atoms with Crippen LogP contribution in [0.15, 0.2) is 0 Å². The molecule has 1 N–H and O–H groups in total. The summed E-state index contributed by atoms with van der Waals surface area (Å²) in [5, 5.41) is 3.46. The van der Waals surface area contributed by atoms with E-state index in [1.54, 1.807) is 0 Å². The molecule has 64 valence electrons. The lowest BCUT2D eigenvalue weighted by Gasteiger charge is -2.31. The molecule has 1 atom stereocenters. The molecule has 11 heavy (non-hydrogen) atoms. The van der Waals surface area contributed by atoms with Crippen molar-refractivity contribution in [2.24, 2.45) is 0 Å². The Morgan fingerprint density at radius 2 is 2.09 bits per heavy atom. The van der Waals surface area contributed by atoms with Gasteiger partial charge in [-0.25, -0.2) is 0 Å². The minimum absolute atomic E-state index is 0.506. The molecule has 3 nitrogen and oxygen atoms in total. The van der Waals surface area contributed by atoms with Crippen LogP contribution in [0.5, 0.6) is 0 Å². The van der Waals surface area contributed by atoms with Crippen LogP contribution in [0.1, 0.15) is 12.8 Å². The van der Waals surface area contributed by atoms with Crippen LogP contribution < -0.4 is 5.32 Å². The Hall–Kier alpha value is -0.120. The molecule has 0 aromatic heterocycles. The molecule has 2 saturated heterocycles. The van der Waals surface area contributed by atoms with Crippen molar-refractivity contribution < 1.29 is 4.74 Å². The first-order valence-electron chi connectivity index (χ1n) is 4.52. The monoisotopic (exact) mass is 156 g/mol. The lowest BCUT2D eigenvalue weighted by atomic mass is 10.4. The van der Waals surface area contributed by atoms with E-state index < -0.39 is 0 Å². The van der Waals surface area contributed by atoms with E-state index in [0.29, 0.717) is 6.17 Å². The molecule has 0 aromatic rings. The molecule has 2 aliphatic rings. The summed E-state index contributed by atoms with van der Waals surface area (Å²) in [5.74, 6) is 0. The zero-order chi connectivity index (χ0) is 7.52. The molecular formula is C8H16N2O. The maximum atomic E-state index is 5.39. The van der Waals surface area contributed by atoms with Crippen LogP contribution in [-0.2, 0) is 4.74 Å². The molecule has 0 spiro atoms. The molecule has 3 heteroatoms. The Balaban J connectivity index is 1.82. The van der Waals surface area contributed by atoms with E-state index in [1.165, 1.54) is 25.9 Å². The summed E-state index contributed by atoms with van der Waals surface area (Å²) in [4.78, 5) is 2.49. The molecule has 0 aromatic carbocycles. The van der Waals surface area contributed by atoms with Crippen LogP contribution in [0.25, 0.3) is 0 Å². The van der Waals surface area contributed by atoms with Gasteiger partial charge in [0.2, 0.25) is 0 Å². The smallest absolute Gasteiger partial charge is 0.0839 e. The van der Waals surface area contributed by atoms with Gasteiger partial charge >= 0.3 is 0 Å². The molecule has 2 aliphatic heterocycles. The minimum Gasteiger partial charge on any atom is -0.377 e. The quantitative estimate of drug-likeness (QED) is 0.579. The fraction of sp³-hybridized carbons (Fsp3) is 1.00. The largest absolute Gasteiger partial charge is 0.377 e. The van der Waals surface area contributed by atoms with E-state index in [2.05, 4.69) is 10.2 Å². The molecule has 0 bridgehead atoms. The van der Waals surface area contributed by atoms with Gasteiger partial charge in [0.15, 0.2) is 0 Å². The number of hydrogen-bond donors (Lipinski definition) is 1. The molecule has 2 fully saturated rings. The number of rotatable bonds is 1. The maximum absolute atomic E-state index is 5.39. The highest BCUT2D eigenvalue weighted by atomic mass is 16.5. The van der Waals surface area contributed by atoms with Gasteiger partial charge in [0.25, 0.3) is 0 Å². The highest BCUT2D eigenvalue weighted by Crippen LogP contribution is 2.11. The van der Waals surface area contributed by atoms with Crippen molar-refractivity contribution in [1.82, 2.24) is 10.2 Å². The van der Waals surface area contributed by atoms with E-state index in [-0.39, 0.29) is 0 Å². The standard InChI is InChI=1S/C8H16N2O/c1-2-5-10(4-1)8-7-11-6-3-9-8/h8-9H,1-7H2/t8-/m1/s1. The Morgan fingerprint density at radius 3 is 2.73 bits per heavy atom. The predicted molar refractivity (Wildman–Crippen MR) is 43.4 cm³/mol. The molecule has 0 aliphatic carbocycles. The average Bonchev–Trinajstić information content (AvgIpc) is 2.58. The van der Waals surface area contributed by atoms with Crippen molar-refractivity contribution in [2.75, 3.05) is 32.8 Å². The average molecular weight is 156 g/mol. The van der Waals surface area contributed by atoms with E-state index in [1.807, 2.05) is 0 Å². The van der Waals surface area contributed by atoms with Crippen LogP contribution >= 0.6 is 0 Å². The van der Waals surface area contributed by atoms with Gasteiger partial charge in [-0.15, -0.1) is 0 Å². The third-order valence-corrected chi connectivity index (χ3v) is 2.48. The number of morpholine rings is 1. The summed E-state index contributed by atoms with van der Waals surface area (Å²) in [6, 6.07) is 0. The first-order valence-corrected chi connectivity index (χ1v) is 4.52. The van der Waals surface area contributed by atoms with Gasteiger partial charge in [-0.1, -0.05) is 0 Å². The summed E-state index contributed by atoms with van der Waals surface area (Å²) >= 11 is 0. The van der Waals surface area contributed by atoms with Gasteiger partial charge in [0, 0.05) is 6.54 Å². The van der Waals surface area contributed by atoms with Crippen molar-refractivity contribution in [3.05, 3.63) is 0 Å².